The van der Waals surface area contributed by atoms with Gasteiger partial charge in [-0.25, -0.2) is 0 Å². The van der Waals surface area contributed by atoms with E-state index in [-0.39, 0.29) is 12.0 Å². The zero-order valence-electron chi connectivity index (χ0n) is 10.7. The Morgan fingerprint density at radius 3 is 2.94 bits per heavy atom. The van der Waals surface area contributed by atoms with Crippen molar-refractivity contribution in [2.45, 2.75) is 58.2 Å². The summed E-state index contributed by atoms with van der Waals surface area (Å²) < 4.78 is 5.87. The highest BCUT2D eigenvalue weighted by Gasteiger charge is 2.57. The van der Waals surface area contributed by atoms with Gasteiger partial charge in [0.1, 0.15) is 0 Å². The van der Waals surface area contributed by atoms with Gasteiger partial charge in [-0.2, -0.15) is 0 Å². The molecule has 94 valence electrons. The molecule has 2 rings (SSSR count). The summed E-state index contributed by atoms with van der Waals surface area (Å²) in [6, 6.07) is 0.955. The van der Waals surface area contributed by atoms with Crippen molar-refractivity contribution in [1.29, 1.82) is 0 Å². The molecule has 1 saturated carbocycles. The summed E-state index contributed by atoms with van der Waals surface area (Å²) in [7, 11) is 0. The molecule has 0 aromatic heterocycles. The standard InChI is InChI=1S/C13H25NO2/c1-9(6-7-15)14-11-10-5-4-8-16-12(10)13(11,2)3/h9-12,14-15H,4-8H2,1-3H3. The van der Waals surface area contributed by atoms with Gasteiger partial charge in [0.25, 0.3) is 0 Å². The SMILES string of the molecule is CC(CCO)NC1C2CCCOC2C1(C)C. The van der Waals surface area contributed by atoms with Gasteiger partial charge in [-0.15, -0.1) is 0 Å². The fourth-order valence-corrected chi connectivity index (χ4v) is 3.44. The summed E-state index contributed by atoms with van der Waals surface area (Å²) in [6.07, 6.45) is 3.77. The van der Waals surface area contributed by atoms with Gasteiger partial charge < -0.3 is 15.2 Å². The van der Waals surface area contributed by atoms with Gasteiger partial charge in [-0.3, -0.25) is 0 Å². The summed E-state index contributed by atoms with van der Waals surface area (Å²) in [4.78, 5) is 0. The molecule has 0 amide bonds. The fourth-order valence-electron chi connectivity index (χ4n) is 3.44. The topological polar surface area (TPSA) is 41.5 Å². The molecule has 2 aliphatic rings. The van der Waals surface area contributed by atoms with Crippen LogP contribution in [0.5, 0.6) is 0 Å². The molecule has 1 heterocycles. The number of aliphatic hydroxyl groups excluding tert-OH is 1. The van der Waals surface area contributed by atoms with Crippen LogP contribution in [0.2, 0.25) is 0 Å². The van der Waals surface area contributed by atoms with E-state index >= 15 is 0 Å². The van der Waals surface area contributed by atoms with Gasteiger partial charge >= 0.3 is 0 Å². The molecule has 3 nitrogen and oxygen atoms in total. The molecule has 1 aliphatic carbocycles. The van der Waals surface area contributed by atoms with Crippen molar-refractivity contribution in [2.75, 3.05) is 13.2 Å². The first-order chi connectivity index (χ1) is 7.57. The smallest absolute Gasteiger partial charge is 0.0684 e. The van der Waals surface area contributed by atoms with Gasteiger partial charge in [-0.1, -0.05) is 13.8 Å². The van der Waals surface area contributed by atoms with Crippen molar-refractivity contribution in [2.24, 2.45) is 11.3 Å². The van der Waals surface area contributed by atoms with Crippen LogP contribution < -0.4 is 5.32 Å². The summed E-state index contributed by atoms with van der Waals surface area (Å²) in [5.74, 6) is 0.685. The molecule has 0 aromatic rings. The van der Waals surface area contributed by atoms with Crippen LogP contribution in [-0.2, 0) is 4.74 Å². The monoisotopic (exact) mass is 227 g/mol. The Labute approximate surface area is 98.6 Å². The first-order valence-electron chi connectivity index (χ1n) is 6.56. The average molecular weight is 227 g/mol. The van der Waals surface area contributed by atoms with E-state index < -0.39 is 0 Å². The molecular formula is C13H25NO2. The van der Waals surface area contributed by atoms with Crippen molar-refractivity contribution in [3.05, 3.63) is 0 Å². The molecule has 0 aromatic carbocycles. The molecule has 0 radical (unpaired) electrons. The maximum Gasteiger partial charge on any atom is 0.0684 e. The average Bonchev–Trinajstić information content (AvgIpc) is 2.26. The fraction of sp³-hybridized carbons (Fsp3) is 1.00. The number of rotatable bonds is 4. The van der Waals surface area contributed by atoms with Crippen molar-refractivity contribution < 1.29 is 9.84 Å². The number of aliphatic hydroxyl groups is 1. The summed E-state index contributed by atoms with van der Waals surface area (Å²) in [5, 5.41) is 12.6. The Hall–Kier alpha value is -0.120. The minimum absolute atomic E-state index is 0.245. The molecule has 3 heteroatoms. The third-order valence-corrected chi connectivity index (χ3v) is 4.36. The van der Waals surface area contributed by atoms with Gasteiger partial charge in [0.05, 0.1) is 6.10 Å². The molecule has 1 aliphatic heterocycles. The normalized spacial score (nSPS) is 38.6. The predicted octanol–water partition coefficient (Wildman–Crippen LogP) is 1.55. The second-order valence-corrected chi connectivity index (χ2v) is 5.98. The molecule has 1 saturated heterocycles. The quantitative estimate of drug-likeness (QED) is 0.765. The Bertz CT molecular complexity index is 242. The number of hydrogen-bond acceptors (Lipinski definition) is 3. The first-order valence-corrected chi connectivity index (χ1v) is 6.56. The highest BCUT2D eigenvalue weighted by atomic mass is 16.5. The third-order valence-electron chi connectivity index (χ3n) is 4.36. The van der Waals surface area contributed by atoms with E-state index in [4.69, 9.17) is 9.84 Å². The van der Waals surface area contributed by atoms with E-state index in [1.165, 1.54) is 12.8 Å². The van der Waals surface area contributed by atoms with Crippen molar-refractivity contribution in [3.63, 3.8) is 0 Å². The number of hydrogen-bond donors (Lipinski definition) is 2. The Morgan fingerprint density at radius 1 is 1.50 bits per heavy atom. The lowest BCUT2D eigenvalue weighted by Gasteiger charge is -2.60. The first kappa shape index (κ1) is 12.3. The molecule has 2 N–H and O–H groups in total. The second kappa shape index (κ2) is 4.63. The van der Waals surface area contributed by atoms with Gasteiger partial charge in [-0.05, 0) is 26.2 Å². The van der Waals surface area contributed by atoms with Crippen LogP contribution in [0.1, 0.15) is 40.0 Å². The van der Waals surface area contributed by atoms with Crippen molar-refractivity contribution >= 4 is 0 Å². The van der Waals surface area contributed by atoms with Crippen molar-refractivity contribution in [3.8, 4) is 0 Å². The van der Waals surface area contributed by atoms with Crippen LogP contribution in [0, 0.1) is 11.3 Å². The highest BCUT2D eigenvalue weighted by molar-refractivity contribution is 5.10. The predicted molar refractivity (Wildman–Crippen MR) is 64.3 cm³/mol. The molecule has 4 unspecified atom stereocenters. The van der Waals surface area contributed by atoms with Crippen LogP contribution in [0.4, 0.5) is 0 Å². The minimum Gasteiger partial charge on any atom is -0.396 e. The zero-order chi connectivity index (χ0) is 11.8. The van der Waals surface area contributed by atoms with Crippen molar-refractivity contribution in [1.82, 2.24) is 5.32 Å². The lowest BCUT2D eigenvalue weighted by atomic mass is 9.55. The number of fused-ring (bicyclic) bond motifs is 1. The van der Waals surface area contributed by atoms with E-state index in [0.29, 0.717) is 24.1 Å². The van der Waals surface area contributed by atoms with Crippen LogP contribution in [0.3, 0.4) is 0 Å². The van der Waals surface area contributed by atoms with Gasteiger partial charge in [0, 0.05) is 36.6 Å². The maximum atomic E-state index is 8.94. The molecular weight excluding hydrogens is 202 g/mol. The van der Waals surface area contributed by atoms with E-state index in [0.717, 1.165) is 13.0 Å². The van der Waals surface area contributed by atoms with Crippen LogP contribution in [0.25, 0.3) is 0 Å². The largest absolute Gasteiger partial charge is 0.396 e. The van der Waals surface area contributed by atoms with Crippen LogP contribution in [0.15, 0.2) is 0 Å². The molecule has 16 heavy (non-hydrogen) atoms. The van der Waals surface area contributed by atoms with Crippen LogP contribution >= 0.6 is 0 Å². The van der Waals surface area contributed by atoms with Gasteiger partial charge in [0.2, 0.25) is 0 Å². The number of ether oxygens (including phenoxy) is 1. The molecule has 0 bridgehead atoms. The number of nitrogens with one attached hydrogen (secondary N) is 1. The Balaban J connectivity index is 1.93. The summed E-state index contributed by atoms with van der Waals surface area (Å²) in [5.41, 5.74) is 0.245. The van der Waals surface area contributed by atoms with Crippen LogP contribution in [-0.4, -0.2) is 36.5 Å². The highest BCUT2D eigenvalue weighted by Crippen LogP contribution is 2.51. The lowest BCUT2D eigenvalue weighted by Crippen LogP contribution is -2.70. The van der Waals surface area contributed by atoms with E-state index in [1.807, 2.05) is 0 Å². The van der Waals surface area contributed by atoms with E-state index in [2.05, 4.69) is 26.1 Å². The minimum atomic E-state index is 0.245. The Morgan fingerprint density at radius 2 is 2.25 bits per heavy atom. The summed E-state index contributed by atoms with van der Waals surface area (Å²) in [6.45, 7) is 7.95. The molecule has 0 spiro atoms. The maximum absolute atomic E-state index is 8.94. The zero-order valence-corrected chi connectivity index (χ0v) is 10.7. The Kier molecular flexibility index (Phi) is 3.57. The molecule has 4 atom stereocenters. The van der Waals surface area contributed by atoms with E-state index in [1.54, 1.807) is 0 Å². The third kappa shape index (κ3) is 2.01. The van der Waals surface area contributed by atoms with Gasteiger partial charge in [0.15, 0.2) is 0 Å². The lowest BCUT2D eigenvalue weighted by molar-refractivity contribution is -0.194. The summed E-state index contributed by atoms with van der Waals surface area (Å²) >= 11 is 0. The van der Waals surface area contributed by atoms with E-state index in [9.17, 15) is 0 Å². The molecule has 2 fully saturated rings. The second-order valence-electron chi connectivity index (χ2n) is 5.98.